The normalized spacial score (nSPS) is 12.1. The molecule has 0 unspecified atom stereocenters. The molecule has 0 heterocycles. The molecular weight excluding hydrogens is 326 g/mol. The van der Waals surface area contributed by atoms with Gasteiger partial charge in [-0.3, -0.25) is 14.9 Å². The minimum Gasteiger partial charge on any atom is -0.387 e. The summed E-state index contributed by atoms with van der Waals surface area (Å²) in [5, 5.41) is 10.6. The van der Waals surface area contributed by atoms with Crippen LogP contribution in [0.2, 0.25) is 0 Å². The van der Waals surface area contributed by atoms with Crippen LogP contribution in [0.3, 0.4) is 0 Å². The number of aliphatic hydroxyl groups is 1. The Morgan fingerprint density at radius 2 is 1.23 bits per heavy atom. The van der Waals surface area contributed by atoms with Crippen LogP contribution >= 0.6 is 0 Å². The zero-order valence-electron chi connectivity index (χ0n) is 16.2. The van der Waals surface area contributed by atoms with Gasteiger partial charge in [-0.15, -0.1) is 0 Å². The van der Waals surface area contributed by atoms with Gasteiger partial charge in [-0.05, 0) is 44.9 Å². The second-order valence-electron chi connectivity index (χ2n) is 6.11. The number of rotatable bonds is 15. The third-order valence-electron chi connectivity index (χ3n) is 3.65. The van der Waals surface area contributed by atoms with E-state index in [4.69, 9.17) is 5.11 Å². The van der Waals surface area contributed by atoms with E-state index < -0.39 is 12.5 Å². The largest absolute Gasteiger partial charge is 0.387 e. The van der Waals surface area contributed by atoms with Gasteiger partial charge < -0.3 is 5.11 Å². The minimum atomic E-state index is -0.650. The molecule has 2 amide bonds. The molecule has 4 nitrogen and oxygen atoms in total. The number of unbranched alkanes of at least 4 members (excludes halogenated alkanes) is 4. The lowest BCUT2D eigenvalue weighted by molar-refractivity contribution is -0.132. The van der Waals surface area contributed by atoms with Gasteiger partial charge in [0.2, 0.25) is 5.91 Å². The molecular formula is C22H35NO3. The molecule has 26 heavy (non-hydrogen) atoms. The molecule has 4 heteroatoms. The molecule has 0 aliphatic carbocycles. The lowest BCUT2D eigenvalue weighted by Gasteiger charge is -2.00. The fraction of sp³-hybridized carbons (Fsp3) is 0.545. The van der Waals surface area contributed by atoms with Gasteiger partial charge in [0, 0.05) is 6.42 Å². The first kappa shape index (κ1) is 24.1. The predicted molar refractivity (Wildman–Crippen MR) is 109 cm³/mol. The Morgan fingerprint density at radius 3 is 1.73 bits per heavy atom. The second kappa shape index (κ2) is 19.4. The van der Waals surface area contributed by atoms with Gasteiger partial charge in [0.25, 0.3) is 5.91 Å². The number of carbonyl (C=O) groups is 2. The van der Waals surface area contributed by atoms with Crippen LogP contribution < -0.4 is 5.32 Å². The Labute approximate surface area is 158 Å². The van der Waals surface area contributed by atoms with Crippen molar-refractivity contribution in [3.63, 3.8) is 0 Å². The van der Waals surface area contributed by atoms with Crippen molar-refractivity contribution in [1.82, 2.24) is 5.32 Å². The maximum absolute atomic E-state index is 11.3. The van der Waals surface area contributed by atoms with Crippen LogP contribution in [0.25, 0.3) is 0 Å². The summed E-state index contributed by atoms with van der Waals surface area (Å²) >= 11 is 0. The number of carbonyl (C=O) groups excluding carboxylic acids is 2. The number of hydrogen-bond acceptors (Lipinski definition) is 3. The van der Waals surface area contributed by atoms with Crippen LogP contribution in [-0.2, 0) is 9.59 Å². The van der Waals surface area contributed by atoms with E-state index in [1.165, 1.54) is 25.7 Å². The van der Waals surface area contributed by atoms with Crippen LogP contribution in [0.1, 0.15) is 71.1 Å². The molecule has 0 saturated heterocycles. The van der Waals surface area contributed by atoms with E-state index in [9.17, 15) is 9.59 Å². The van der Waals surface area contributed by atoms with Gasteiger partial charge in [0.15, 0.2) is 0 Å². The van der Waals surface area contributed by atoms with Crippen molar-refractivity contribution < 1.29 is 14.7 Å². The molecule has 0 fully saturated rings. The van der Waals surface area contributed by atoms with Crippen molar-refractivity contribution in [1.29, 1.82) is 0 Å². The number of imide groups is 1. The van der Waals surface area contributed by atoms with Gasteiger partial charge in [-0.25, -0.2) is 0 Å². The number of nitrogens with one attached hydrogen (secondary N) is 1. The summed E-state index contributed by atoms with van der Waals surface area (Å²) in [5.41, 5.74) is 0. The Balaban J connectivity index is 3.51. The Hall–Kier alpha value is -1.94. The molecule has 0 saturated carbocycles. The van der Waals surface area contributed by atoms with Gasteiger partial charge in [-0.1, -0.05) is 68.4 Å². The Kier molecular flexibility index (Phi) is 17.9. The third-order valence-corrected chi connectivity index (χ3v) is 3.65. The SMILES string of the molecule is CCCCC/C=C\C/C=C\C/C=C\C/C=C\CCCC(=O)NC(=O)CO. The van der Waals surface area contributed by atoms with Gasteiger partial charge in [-0.2, -0.15) is 0 Å². The highest BCUT2D eigenvalue weighted by Crippen LogP contribution is 2.01. The lowest BCUT2D eigenvalue weighted by atomic mass is 10.2. The molecule has 0 aromatic heterocycles. The first-order valence-electron chi connectivity index (χ1n) is 9.74. The predicted octanol–water partition coefficient (Wildman–Crippen LogP) is 4.77. The van der Waals surface area contributed by atoms with Crippen LogP contribution in [0.5, 0.6) is 0 Å². The van der Waals surface area contributed by atoms with Crippen molar-refractivity contribution in [2.24, 2.45) is 0 Å². The molecule has 0 atom stereocenters. The lowest BCUT2D eigenvalue weighted by Crippen LogP contribution is -2.32. The van der Waals surface area contributed by atoms with Crippen LogP contribution in [0, 0.1) is 0 Å². The van der Waals surface area contributed by atoms with Gasteiger partial charge in [0.05, 0.1) is 0 Å². The van der Waals surface area contributed by atoms with E-state index >= 15 is 0 Å². The number of hydrogen-bond donors (Lipinski definition) is 2. The molecule has 2 N–H and O–H groups in total. The number of allylic oxidation sites excluding steroid dienone is 8. The fourth-order valence-electron chi connectivity index (χ4n) is 2.20. The highest BCUT2D eigenvalue weighted by Gasteiger charge is 2.04. The molecule has 0 aliphatic rings. The molecule has 0 radical (unpaired) electrons. The van der Waals surface area contributed by atoms with Crippen molar-refractivity contribution in [2.75, 3.05) is 6.61 Å². The first-order chi connectivity index (χ1) is 12.7. The highest BCUT2D eigenvalue weighted by molar-refractivity contribution is 5.95. The van der Waals surface area contributed by atoms with E-state index in [-0.39, 0.29) is 5.91 Å². The van der Waals surface area contributed by atoms with E-state index in [1.54, 1.807) is 0 Å². The summed E-state index contributed by atoms with van der Waals surface area (Å²) in [6, 6.07) is 0. The smallest absolute Gasteiger partial charge is 0.252 e. The maximum atomic E-state index is 11.3. The summed E-state index contributed by atoms with van der Waals surface area (Å²) in [6.45, 7) is 1.57. The molecule has 0 aliphatic heterocycles. The summed E-state index contributed by atoms with van der Waals surface area (Å²) in [6.07, 6.45) is 27.0. The van der Waals surface area contributed by atoms with Crippen LogP contribution in [0.15, 0.2) is 48.6 Å². The maximum Gasteiger partial charge on any atom is 0.252 e. The van der Waals surface area contributed by atoms with Crippen molar-refractivity contribution in [2.45, 2.75) is 71.1 Å². The average molecular weight is 362 g/mol. The quantitative estimate of drug-likeness (QED) is 0.326. The molecule has 0 aromatic carbocycles. The molecule has 0 rings (SSSR count). The Morgan fingerprint density at radius 1 is 0.731 bits per heavy atom. The molecule has 146 valence electrons. The standard InChI is InChI=1S/C22H35NO3/c1-2-3-4-5-6-7-8-9-10-11-12-13-14-15-16-17-18-19-21(25)23-22(26)20-24/h6-7,9-10,12-13,15-16,24H,2-5,8,11,14,17-20H2,1H3,(H,23,25,26)/b7-6-,10-9-,13-12-,16-15-. The summed E-state index contributed by atoms with van der Waals surface area (Å²) in [5.74, 6) is -0.979. The highest BCUT2D eigenvalue weighted by atomic mass is 16.3. The summed E-state index contributed by atoms with van der Waals surface area (Å²) in [7, 11) is 0. The fourth-order valence-corrected chi connectivity index (χ4v) is 2.20. The van der Waals surface area contributed by atoms with E-state index in [0.29, 0.717) is 12.8 Å². The van der Waals surface area contributed by atoms with Gasteiger partial charge in [0.1, 0.15) is 6.61 Å². The van der Waals surface area contributed by atoms with Crippen LogP contribution in [-0.4, -0.2) is 23.5 Å². The monoisotopic (exact) mass is 361 g/mol. The zero-order chi connectivity index (χ0) is 19.3. The summed E-state index contributed by atoms with van der Waals surface area (Å²) in [4.78, 5) is 22.1. The molecule has 0 aromatic rings. The van der Waals surface area contributed by atoms with Crippen molar-refractivity contribution in [3.8, 4) is 0 Å². The zero-order valence-corrected chi connectivity index (χ0v) is 16.2. The van der Waals surface area contributed by atoms with Crippen molar-refractivity contribution >= 4 is 11.8 Å². The molecule has 0 bridgehead atoms. The van der Waals surface area contributed by atoms with E-state index in [2.05, 4.69) is 54.8 Å². The number of aliphatic hydroxyl groups excluding tert-OH is 1. The van der Waals surface area contributed by atoms with E-state index in [1.807, 2.05) is 6.08 Å². The molecule has 0 spiro atoms. The van der Waals surface area contributed by atoms with Gasteiger partial charge >= 0.3 is 0 Å². The Bertz CT molecular complexity index is 476. The summed E-state index contributed by atoms with van der Waals surface area (Å²) < 4.78 is 0. The number of amides is 2. The second-order valence-corrected chi connectivity index (χ2v) is 6.11. The van der Waals surface area contributed by atoms with Crippen LogP contribution in [0.4, 0.5) is 0 Å². The third kappa shape index (κ3) is 18.4. The van der Waals surface area contributed by atoms with Crippen molar-refractivity contribution in [3.05, 3.63) is 48.6 Å². The minimum absolute atomic E-state index is 0.295. The topological polar surface area (TPSA) is 66.4 Å². The first-order valence-corrected chi connectivity index (χ1v) is 9.74. The average Bonchev–Trinajstić information content (AvgIpc) is 2.64. The van der Waals surface area contributed by atoms with E-state index in [0.717, 1.165) is 25.7 Å².